The van der Waals surface area contributed by atoms with Gasteiger partial charge in [0.1, 0.15) is 5.75 Å². The fourth-order valence-electron chi connectivity index (χ4n) is 2.00. The number of carbonyl (C=O) groups is 1. The molecule has 0 heterocycles. The van der Waals surface area contributed by atoms with Crippen molar-refractivity contribution in [3.63, 3.8) is 0 Å². The SMILES string of the molecule is CCCCCOc1c(C=O)cccc1CC(C)C. The number of rotatable bonds is 8. The number of carbonyl (C=O) groups excluding carboxylic acids is 1. The molecule has 18 heavy (non-hydrogen) atoms. The van der Waals surface area contributed by atoms with E-state index in [0.717, 1.165) is 30.4 Å². The van der Waals surface area contributed by atoms with Gasteiger partial charge in [-0.05, 0) is 30.4 Å². The molecule has 0 atom stereocenters. The van der Waals surface area contributed by atoms with Crippen LogP contribution in [0, 0.1) is 5.92 Å². The molecule has 0 saturated carbocycles. The highest BCUT2D eigenvalue weighted by atomic mass is 16.5. The number of unbranched alkanes of at least 4 members (excludes halogenated alkanes) is 2. The van der Waals surface area contributed by atoms with Crippen molar-refractivity contribution in [2.75, 3.05) is 6.61 Å². The second-order valence-electron chi connectivity index (χ2n) is 5.11. The van der Waals surface area contributed by atoms with Crippen molar-refractivity contribution >= 4 is 6.29 Å². The Balaban J connectivity index is 2.79. The van der Waals surface area contributed by atoms with Gasteiger partial charge >= 0.3 is 0 Å². The lowest BCUT2D eigenvalue weighted by molar-refractivity contribution is 0.111. The standard InChI is InChI=1S/C16H24O2/c1-4-5-6-10-18-16-14(11-13(2)3)8-7-9-15(16)12-17/h7-9,12-13H,4-6,10-11H2,1-3H3. The minimum atomic E-state index is 0.560. The predicted molar refractivity (Wildman–Crippen MR) is 75.4 cm³/mol. The molecule has 100 valence electrons. The van der Waals surface area contributed by atoms with Crippen LogP contribution in [0.25, 0.3) is 0 Å². The number of hydrogen-bond donors (Lipinski definition) is 0. The summed E-state index contributed by atoms with van der Waals surface area (Å²) in [6.45, 7) is 7.22. The Morgan fingerprint density at radius 1 is 1.28 bits per heavy atom. The largest absolute Gasteiger partial charge is 0.493 e. The third-order valence-electron chi connectivity index (χ3n) is 2.88. The summed E-state index contributed by atoms with van der Waals surface area (Å²) in [4.78, 5) is 11.1. The van der Waals surface area contributed by atoms with Gasteiger partial charge in [0, 0.05) is 0 Å². The number of hydrogen-bond acceptors (Lipinski definition) is 2. The molecule has 0 radical (unpaired) electrons. The van der Waals surface area contributed by atoms with E-state index in [9.17, 15) is 4.79 Å². The predicted octanol–water partition coefficient (Wildman–Crippen LogP) is 4.27. The highest BCUT2D eigenvalue weighted by Gasteiger charge is 2.10. The van der Waals surface area contributed by atoms with Crippen LogP contribution in [-0.2, 0) is 6.42 Å². The first-order valence-corrected chi connectivity index (χ1v) is 6.88. The summed E-state index contributed by atoms with van der Waals surface area (Å²) in [5.41, 5.74) is 1.82. The summed E-state index contributed by atoms with van der Waals surface area (Å²) in [7, 11) is 0. The van der Waals surface area contributed by atoms with Gasteiger partial charge < -0.3 is 4.74 Å². The van der Waals surface area contributed by atoms with E-state index in [-0.39, 0.29) is 0 Å². The van der Waals surface area contributed by atoms with Gasteiger partial charge in [0.25, 0.3) is 0 Å². The molecular weight excluding hydrogens is 224 g/mol. The second-order valence-corrected chi connectivity index (χ2v) is 5.11. The maximum Gasteiger partial charge on any atom is 0.153 e. The van der Waals surface area contributed by atoms with Crippen LogP contribution in [-0.4, -0.2) is 12.9 Å². The number of benzene rings is 1. The third-order valence-corrected chi connectivity index (χ3v) is 2.88. The van der Waals surface area contributed by atoms with E-state index in [4.69, 9.17) is 4.74 Å². The lowest BCUT2D eigenvalue weighted by Gasteiger charge is -2.14. The minimum absolute atomic E-state index is 0.560. The van der Waals surface area contributed by atoms with Gasteiger partial charge in [0.2, 0.25) is 0 Å². The molecule has 0 amide bonds. The highest BCUT2D eigenvalue weighted by molar-refractivity contribution is 5.80. The molecule has 2 nitrogen and oxygen atoms in total. The first-order valence-electron chi connectivity index (χ1n) is 6.88. The second kappa shape index (κ2) is 7.91. The molecule has 0 aliphatic rings. The molecule has 0 N–H and O–H groups in total. The Kier molecular flexibility index (Phi) is 6.48. The van der Waals surface area contributed by atoms with Gasteiger partial charge in [-0.15, -0.1) is 0 Å². The fraction of sp³-hybridized carbons (Fsp3) is 0.562. The lowest BCUT2D eigenvalue weighted by Crippen LogP contribution is -2.05. The van der Waals surface area contributed by atoms with Crippen LogP contribution in [0.5, 0.6) is 5.75 Å². The van der Waals surface area contributed by atoms with Crippen molar-refractivity contribution in [3.05, 3.63) is 29.3 Å². The molecule has 0 bridgehead atoms. The summed E-state index contributed by atoms with van der Waals surface area (Å²) in [6.07, 6.45) is 5.23. The van der Waals surface area contributed by atoms with E-state index < -0.39 is 0 Å². The van der Waals surface area contributed by atoms with Crippen molar-refractivity contribution in [3.8, 4) is 5.75 Å². The molecule has 0 saturated heterocycles. The highest BCUT2D eigenvalue weighted by Crippen LogP contribution is 2.25. The fourth-order valence-corrected chi connectivity index (χ4v) is 2.00. The Hall–Kier alpha value is -1.31. The van der Waals surface area contributed by atoms with Crippen LogP contribution in [0.15, 0.2) is 18.2 Å². The van der Waals surface area contributed by atoms with E-state index >= 15 is 0 Å². The van der Waals surface area contributed by atoms with Crippen molar-refractivity contribution in [1.29, 1.82) is 0 Å². The van der Waals surface area contributed by atoms with Crippen LogP contribution in [0.3, 0.4) is 0 Å². The maximum absolute atomic E-state index is 11.1. The zero-order valence-corrected chi connectivity index (χ0v) is 11.7. The zero-order chi connectivity index (χ0) is 13.4. The van der Waals surface area contributed by atoms with E-state index in [1.54, 1.807) is 0 Å². The average Bonchev–Trinajstić information content (AvgIpc) is 2.35. The van der Waals surface area contributed by atoms with Crippen LogP contribution in [0.2, 0.25) is 0 Å². The minimum Gasteiger partial charge on any atom is -0.493 e. The van der Waals surface area contributed by atoms with Gasteiger partial charge in [-0.3, -0.25) is 4.79 Å². The summed E-state index contributed by atoms with van der Waals surface area (Å²) in [5.74, 6) is 1.35. The van der Waals surface area contributed by atoms with Gasteiger partial charge in [-0.1, -0.05) is 45.7 Å². The van der Waals surface area contributed by atoms with Crippen LogP contribution in [0.4, 0.5) is 0 Å². The summed E-state index contributed by atoms with van der Waals surface area (Å²) in [6, 6.07) is 5.81. The van der Waals surface area contributed by atoms with Crippen molar-refractivity contribution in [2.24, 2.45) is 5.92 Å². The quantitative estimate of drug-likeness (QED) is 0.507. The molecule has 0 spiro atoms. The topological polar surface area (TPSA) is 26.3 Å². The van der Waals surface area contributed by atoms with Crippen molar-refractivity contribution < 1.29 is 9.53 Å². The molecule has 1 aromatic rings. The molecule has 0 aromatic heterocycles. The van der Waals surface area contributed by atoms with Gasteiger partial charge in [-0.2, -0.15) is 0 Å². The van der Waals surface area contributed by atoms with E-state index in [0.29, 0.717) is 18.1 Å². The number of para-hydroxylation sites is 1. The Labute approximate surface area is 110 Å². The van der Waals surface area contributed by atoms with Crippen molar-refractivity contribution in [1.82, 2.24) is 0 Å². The molecule has 0 aliphatic heterocycles. The average molecular weight is 248 g/mol. The smallest absolute Gasteiger partial charge is 0.153 e. The number of aldehydes is 1. The van der Waals surface area contributed by atoms with Crippen LogP contribution in [0.1, 0.15) is 56.0 Å². The third kappa shape index (κ3) is 4.52. The van der Waals surface area contributed by atoms with Gasteiger partial charge in [0.05, 0.1) is 12.2 Å². The van der Waals surface area contributed by atoms with Crippen molar-refractivity contribution in [2.45, 2.75) is 46.5 Å². The summed E-state index contributed by atoms with van der Waals surface area (Å²) >= 11 is 0. The molecular formula is C16H24O2. The zero-order valence-electron chi connectivity index (χ0n) is 11.7. The van der Waals surface area contributed by atoms with Crippen LogP contribution < -0.4 is 4.74 Å². The molecule has 1 rings (SSSR count). The first-order chi connectivity index (χ1) is 8.69. The van der Waals surface area contributed by atoms with E-state index in [2.05, 4.69) is 26.8 Å². The molecule has 1 aromatic carbocycles. The first kappa shape index (κ1) is 14.7. The normalized spacial score (nSPS) is 10.7. The van der Waals surface area contributed by atoms with Crippen LogP contribution >= 0.6 is 0 Å². The Bertz CT molecular complexity index is 369. The summed E-state index contributed by atoms with van der Waals surface area (Å²) in [5, 5.41) is 0. The Morgan fingerprint density at radius 3 is 2.67 bits per heavy atom. The lowest BCUT2D eigenvalue weighted by atomic mass is 10.00. The van der Waals surface area contributed by atoms with E-state index in [1.807, 2.05) is 12.1 Å². The molecule has 0 fully saturated rings. The molecule has 0 aliphatic carbocycles. The number of ether oxygens (including phenoxy) is 1. The van der Waals surface area contributed by atoms with Gasteiger partial charge in [-0.25, -0.2) is 0 Å². The maximum atomic E-state index is 11.1. The summed E-state index contributed by atoms with van der Waals surface area (Å²) < 4.78 is 5.83. The molecule has 2 heteroatoms. The molecule has 0 unspecified atom stereocenters. The monoisotopic (exact) mass is 248 g/mol. The van der Waals surface area contributed by atoms with Gasteiger partial charge in [0.15, 0.2) is 6.29 Å². The Morgan fingerprint density at radius 2 is 2.06 bits per heavy atom. The van der Waals surface area contributed by atoms with E-state index in [1.165, 1.54) is 12.8 Å².